The van der Waals surface area contributed by atoms with Crippen molar-refractivity contribution >= 4 is 51.0 Å². The summed E-state index contributed by atoms with van der Waals surface area (Å²) in [6.45, 7) is 5.50. The molecule has 1 aromatic heterocycles. The van der Waals surface area contributed by atoms with Gasteiger partial charge in [0.25, 0.3) is 5.91 Å². The second kappa shape index (κ2) is 8.92. The molecule has 2 aromatic rings. The van der Waals surface area contributed by atoms with E-state index in [1.807, 2.05) is 35.2 Å². The summed E-state index contributed by atoms with van der Waals surface area (Å²) in [5.41, 5.74) is 2.72. The summed E-state index contributed by atoms with van der Waals surface area (Å²) in [7, 11) is 0. The lowest BCUT2D eigenvalue weighted by atomic mass is 9.94. The smallest absolute Gasteiger partial charge is 0.313 e. The fourth-order valence-corrected chi connectivity index (χ4v) is 6.18. The Morgan fingerprint density at radius 3 is 2.82 bits per heavy atom. The zero-order chi connectivity index (χ0) is 23.1. The fourth-order valence-electron chi connectivity index (χ4n) is 4.22. The summed E-state index contributed by atoms with van der Waals surface area (Å²) in [6.07, 6.45) is 0.731. The van der Waals surface area contributed by atoms with Gasteiger partial charge in [0.1, 0.15) is 5.00 Å². The number of aliphatic carboxylic acids is 1. The standard InChI is InChI=1S/C23H24N4O4S2/c1-13(2)16-8-15-17(11-31-16)33-22-20(15)21(30)26(9-14-6-4-3-5-7-14)18-10-27(22)23(25-24-18)32-12-19(28)29/h3-7,13,16H,8-12H2,1-2H3,(H,28,29). The number of nitrogens with zero attached hydrogens (tertiary/aromatic N) is 4. The molecule has 172 valence electrons. The van der Waals surface area contributed by atoms with Crippen molar-refractivity contribution in [3.63, 3.8) is 0 Å². The molecule has 3 aliphatic heterocycles. The molecule has 1 aromatic carbocycles. The number of amidine groups is 2. The summed E-state index contributed by atoms with van der Waals surface area (Å²) < 4.78 is 6.07. The van der Waals surface area contributed by atoms with E-state index in [9.17, 15) is 14.7 Å². The molecule has 8 nitrogen and oxygen atoms in total. The van der Waals surface area contributed by atoms with Gasteiger partial charge >= 0.3 is 5.97 Å². The number of carboxylic acid groups (broad SMARTS) is 1. The average molecular weight is 485 g/mol. The molecule has 4 heterocycles. The number of thioether (sulfide) groups is 1. The molecule has 5 rings (SSSR count). The predicted molar refractivity (Wildman–Crippen MR) is 130 cm³/mol. The molecule has 0 fully saturated rings. The Morgan fingerprint density at radius 1 is 1.30 bits per heavy atom. The van der Waals surface area contributed by atoms with Crippen LogP contribution in [0.3, 0.4) is 0 Å². The molecule has 1 amide bonds. The first-order valence-electron chi connectivity index (χ1n) is 10.8. The maximum absolute atomic E-state index is 14.0. The fraction of sp³-hybridized carbons (Fsp3) is 0.391. The number of thiophene rings is 1. The van der Waals surface area contributed by atoms with Gasteiger partial charge in [0, 0.05) is 11.3 Å². The summed E-state index contributed by atoms with van der Waals surface area (Å²) in [6, 6.07) is 9.83. The van der Waals surface area contributed by atoms with Crippen LogP contribution in [0.5, 0.6) is 0 Å². The molecule has 0 radical (unpaired) electrons. The van der Waals surface area contributed by atoms with Gasteiger partial charge in [-0.15, -0.1) is 21.5 Å². The minimum Gasteiger partial charge on any atom is -0.481 e. The second-order valence-corrected chi connectivity index (χ2v) is 10.6. The van der Waals surface area contributed by atoms with Crippen molar-refractivity contribution in [1.82, 2.24) is 4.90 Å². The topological polar surface area (TPSA) is 94.8 Å². The van der Waals surface area contributed by atoms with Crippen molar-refractivity contribution in [2.24, 2.45) is 16.1 Å². The number of hydrogen-bond donors (Lipinski definition) is 1. The average Bonchev–Trinajstić information content (AvgIpc) is 3.16. The van der Waals surface area contributed by atoms with Gasteiger partial charge in [-0.3, -0.25) is 14.5 Å². The van der Waals surface area contributed by atoms with Crippen LogP contribution in [0.15, 0.2) is 40.5 Å². The summed E-state index contributed by atoms with van der Waals surface area (Å²) in [5.74, 6) is -0.235. The van der Waals surface area contributed by atoms with Crippen LogP contribution in [0.25, 0.3) is 0 Å². The van der Waals surface area contributed by atoms with Crippen molar-refractivity contribution in [2.45, 2.75) is 39.5 Å². The number of ether oxygens (including phenoxy) is 1. The Morgan fingerprint density at radius 2 is 2.09 bits per heavy atom. The van der Waals surface area contributed by atoms with Crippen LogP contribution in [0, 0.1) is 5.92 Å². The first-order valence-corrected chi connectivity index (χ1v) is 12.6. The van der Waals surface area contributed by atoms with Gasteiger partial charge in [-0.05, 0) is 17.0 Å². The van der Waals surface area contributed by atoms with Crippen LogP contribution >= 0.6 is 23.1 Å². The van der Waals surface area contributed by atoms with Crippen molar-refractivity contribution in [2.75, 3.05) is 17.2 Å². The third-order valence-electron chi connectivity index (χ3n) is 5.95. The molecular weight excluding hydrogens is 460 g/mol. The third kappa shape index (κ3) is 4.18. The Kier molecular flexibility index (Phi) is 5.98. The molecule has 1 N–H and O–H groups in total. The molecule has 33 heavy (non-hydrogen) atoms. The minimum absolute atomic E-state index is 0.0519. The highest BCUT2D eigenvalue weighted by atomic mass is 32.2. The van der Waals surface area contributed by atoms with Crippen LogP contribution in [0.2, 0.25) is 0 Å². The summed E-state index contributed by atoms with van der Waals surface area (Å²) >= 11 is 2.66. The minimum atomic E-state index is -0.923. The molecule has 2 bridgehead atoms. The number of benzene rings is 1. The molecule has 0 spiro atoms. The number of carbonyl (C=O) groups is 2. The normalized spacial score (nSPS) is 19.6. The van der Waals surface area contributed by atoms with Crippen molar-refractivity contribution in [3.8, 4) is 0 Å². The van der Waals surface area contributed by atoms with Gasteiger partial charge < -0.3 is 14.7 Å². The third-order valence-corrected chi connectivity index (χ3v) is 8.13. The Hall–Kier alpha value is -2.69. The number of carboxylic acids is 1. The van der Waals surface area contributed by atoms with E-state index in [1.165, 1.54) is 0 Å². The zero-order valence-corrected chi connectivity index (χ0v) is 20.0. The van der Waals surface area contributed by atoms with E-state index < -0.39 is 5.97 Å². The van der Waals surface area contributed by atoms with E-state index in [-0.39, 0.29) is 17.8 Å². The first-order chi connectivity index (χ1) is 15.9. The van der Waals surface area contributed by atoms with Gasteiger partial charge in [0.2, 0.25) is 0 Å². The van der Waals surface area contributed by atoms with E-state index in [1.54, 1.807) is 16.2 Å². The number of amides is 1. The van der Waals surface area contributed by atoms with Crippen molar-refractivity contribution in [3.05, 3.63) is 51.9 Å². The van der Waals surface area contributed by atoms with Crippen LogP contribution < -0.4 is 4.90 Å². The maximum atomic E-state index is 14.0. The quantitative estimate of drug-likeness (QED) is 0.694. The number of fused-ring (bicyclic) bond motifs is 6. The lowest BCUT2D eigenvalue weighted by molar-refractivity contribution is -0.133. The van der Waals surface area contributed by atoms with Gasteiger partial charge in [-0.25, -0.2) is 0 Å². The lowest BCUT2D eigenvalue weighted by Crippen LogP contribution is -2.43. The second-order valence-electron chi connectivity index (χ2n) is 8.53. The van der Waals surface area contributed by atoms with Gasteiger partial charge in [0.05, 0.1) is 37.1 Å². The van der Waals surface area contributed by atoms with Gasteiger partial charge in [-0.1, -0.05) is 55.9 Å². The van der Waals surface area contributed by atoms with Gasteiger partial charge in [-0.2, -0.15) is 0 Å². The highest BCUT2D eigenvalue weighted by molar-refractivity contribution is 8.14. The van der Waals surface area contributed by atoms with E-state index >= 15 is 0 Å². The Labute approximate surface area is 199 Å². The van der Waals surface area contributed by atoms with E-state index in [0.717, 1.165) is 32.8 Å². The molecule has 1 atom stereocenters. The van der Waals surface area contributed by atoms with Crippen LogP contribution in [0.1, 0.15) is 40.2 Å². The Balaban J connectivity index is 1.60. The van der Waals surface area contributed by atoms with Gasteiger partial charge in [0.15, 0.2) is 11.0 Å². The maximum Gasteiger partial charge on any atom is 0.313 e. The number of rotatable bonds is 5. The van der Waals surface area contributed by atoms with Crippen molar-refractivity contribution < 1.29 is 19.4 Å². The number of anilines is 1. The molecule has 0 aliphatic carbocycles. The monoisotopic (exact) mass is 484 g/mol. The highest BCUT2D eigenvalue weighted by Gasteiger charge is 2.41. The van der Waals surface area contributed by atoms with Crippen LogP contribution in [0.4, 0.5) is 5.00 Å². The SMILES string of the molecule is CC(C)C1Cc2c(sc3c2C(=O)N(Cc2ccccc2)C2=NN=C(SCC(=O)O)N3C2)CO1. The van der Waals surface area contributed by atoms with E-state index in [4.69, 9.17) is 4.74 Å². The van der Waals surface area contributed by atoms with Crippen LogP contribution in [-0.4, -0.2) is 51.3 Å². The van der Waals surface area contributed by atoms with Crippen LogP contribution in [-0.2, 0) is 29.1 Å². The number of carbonyl (C=O) groups excluding carboxylic acids is 1. The predicted octanol–water partition coefficient (Wildman–Crippen LogP) is 3.81. The largest absolute Gasteiger partial charge is 0.481 e. The molecule has 0 saturated heterocycles. The number of hydrogen-bond acceptors (Lipinski definition) is 8. The lowest BCUT2D eigenvalue weighted by Gasteiger charge is -2.28. The zero-order valence-electron chi connectivity index (χ0n) is 18.4. The van der Waals surface area contributed by atoms with E-state index in [2.05, 4.69) is 24.1 Å². The molecule has 3 aliphatic rings. The molecule has 0 saturated carbocycles. The van der Waals surface area contributed by atoms with Crippen molar-refractivity contribution in [1.29, 1.82) is 0 Å². The molecule has 1 unspecified atom stereocenters. The first kappa shape index (κ1) is 22.1. The summed E-state index contributed by atoms with van der Waals surface area (Å²) in [4.78, 5) is 29.9. The molecule has 10 heteroatoms. The highest BCUT2D eigenvalue weighted by Crippen LogP contribution is 2.44. The Bertz CT molecular complexity index is 1160. The van der Waals surface area contributed by atoms with E-state index in [0.29, 0.717) is 48.6 Å². The summed E-state index contributed by atoms with van der Waals surface area (Å²) in [5, 5.41) is 19.2. The molecular formula is C23H24N4O4S2.